The zero-order valence-corrected chi connectivity index (χ0v) is 12.6. The number of hydrogen-bond acceptors (Lipinski definition) is 6. The lowest BCUT2D eigenvalue weighted by Crippen LogP contribution is -2.25. The van der Waals surface area contributed by atoms with Crippen molar-refractivity contribution in [3.05, 3.63) is 23.8 Å². The molecule has 1 fully saturated rings. The lowest BCUT2D eigenvalue weighted by Gasteiger charge is -2.14. The second-order valence-electron chi connectivity index (χ2n) is 4.55. The molecule has 1 heterocycles. The topological polar surface area (TPSA) is 90.7 Å². The summed E-state index contributed by atoms with van der Waals surface area (Å²) in [4.78, 5) is 22.9. The van der Waals surface area contributed by atoms with Crippen molar-refractivity contribution in [2.75, 3.05) is 20.3 Å². The summed E-state index contributed by atoms with van der Waals surface area (Å²) in [6.45, 7) is 1.07. The molecule has 6 nitrogen and oxygen atoms in total. The van der Waals surface area contributed by atoms with Gasteiger partial charge >= 0.3 is 0 Å². The summed E-state index contributed by atoms with van der Waals surface area (Å²) < 4.78 is 10.9. The number of methoxy groups -OCH3 is 1. The summed E-state index contributed by atoms with van der Waals surface area (Å²) >= 11 is 1.00. The summed E-state index contributed by atoms with van der Waals surface area (Å²) in [5, 5.41) is 1.55. The van der Waals surface area contributed by atoms with Crippen LogP contribution in [0.1, 0.15) is 12.0 Å². The van der Waals surface area contributed by atoms with Crippen LogP contribution in [-0.4, -0.2) is 36.7 Å². The Hall–Kier alpha value is -1.73. The van der Waals surface area contributed by atoms with Gasteiger partial charge in [0.25, 0.3) is 5.24 Å². The molecule has 1 aliphatic rings. The SMILES string of the molecule is COc1ccc(OCCCN)c(CC2SC(=O)NC2=O)c1. The van der Waals surface area contributed by atoms with Crippen LogP contribution in [-0.2, 0) is 11.2 Å². The molecular weight excluding hydrogens is 292 g/mol. The van der Waals surface area contributed by atoms with Gasteiger partial charge in [-0.3, -0.25) is 14.9 Å². The molecule has 114 valence electrons. The number of carbonyl (C=O) groups excluding carboxylic acids is 2. The lowest BCUT2D eigenvalue weighted by atomic mass is 10.1. The van der Waals surface area contributed by atoms with Gasteiger partial charge in [-0.25, -0.2) is 0 Å². The lowest BCUT2D eigenvalue weighted by molar-refractivity contribution is -0.118. The van der Waals surface area contributed by atoms with Crippen LogP contribution in [0.3, 0.4) is 0 Å². The number of carbonyl (C=O) groups is 2. The van der Waals surface area contributed by atoms with Crippen LogP contribution in [0.4, 0.5) is 4.79 Å². The van der Waals surface area contributed by atoms with Crippen molar-refractivity contribution in [2.24, 2.45) is 5.73 Å². The number of amides is 2. The van der Waals surface area contributed by atoms with Gasteiger partial charge < -0.3 is 15.2 Å². The third-order valence-corrected chi connectivity index (χ3v) is 4.03. The summed E-state index contributed by atoms with van der Waals surface area (Å²) in [6, 6.07) is 5.44. The molecule has 1 unspecified atom stereocenters. The minimum atomic E-state index is -0.429. The van der Waals surface area contributed by atoms with Crippen molar-refractivity contribution in [3.63, 3.8) is 0 Å². The van der Waals surface area contributed by atoms with Crippen molar-refractivity contribution in [1.82, 2.24) is 5.32 Å². The minimum absolute atomic E-state index is 0.263. The van der Waals surface area contributed by atoms with Crippen LogP contribution in [0.15, 0.2) is 18.2 Å². The van der Waals surface area contributed by atoms with E-state index in [0.29, 0.717) is 31.1 Å². The Bertz CT molecular complexity index is 536. The standard InChI is InChI=1S/C14H18N2O4S/c1-19-10-3-4-11(20-6-2-5-15)9(7-10)8-12-13(17)16-14(18)21-12/h3-4,7,12H,2,5-6,8,15H2,1H3,(H,16,17,18). The molecule has 3 N–H and O–H groups in total. The largest absolute Gasteiger partial charge is 0.497 e. The Labute approximate surface area is 127 Å². The highest BCUT2D eigenvalue weighted by atomic mass is 32.2. The Kier molecular flexibility index (Phi) is 5.46. The van der Waals surface area contributed by atoms with Crippen LogP contribution < -0.4 is 20.5 Å². The molecule has 1 saturated heterocycles. The van der Waals surface area contributed by atoms with E-state index in [4.69, 9.17) is 15.2 Å². The third-order valence-electron chi connectivity index (χ3n) is 3.05. The van der Waals surface area contributed by atoms with Gasteiger partial charge in [-0.15, -0.1) is 0 Å². The maximum Gasteiger partial charge on any atom is 0.286 e. The van der Waals surface area contributed by atoms with Gasteiger partial charge in [0.2, 0.25) is 5.91 Å². The number of nitrogens with two attached hydrogens (primary N) is 1. The van der Waals surface area contributed by atoms with Crippen molar-refractivity contribution >= 4 is 22.9 Å². The Balaban J connectivity index is 2.14. The Morgan fingerprint density at radius 3 is 2.81 bits per heavy atom. The molecule has 0 bridgehead atoms. The zero-order chi connectivity index (χ0) is 15.2. The van der Waals surface area contributed by atoms with E-state index in [1.54, 1.807) is 13.2 Å². The quantitative estimate of drug-likeness (QED) is 0.738. The number of hydrogen-bond donors (Lipinski definition) is 2. The van der Waals surface area contributed by atoms with Crippen LogP contribution in [0.25, 0.3) is 0 Å². The van der Waals surface area contributed by atoms with Crippen LogP contribution >= 0.6 is 11.8 Å². The highest BCUT2D eigenvalue weighted by Crippen LogP contribution is 2.30. The number of rotatable bonds is 7. The maximum absolute atomic E-state index is 11.7. The van der Waals surface area contributed by atoms with Crippen LogP contribution in [0.5, 0.6) is 11.5 Å². The van der Waals surface area contributed by atoms with E-state index < -0.39 is 5.25 Å². The fourth-order valence-electron chi connectivity index (χ4n) is 1.98. The molecule has 1 aliphatic heterocycles. The first-order valence-corrected chi connectivity index (χ1v) is 7.53. The molecule has 0 radical (unpaired) electrons. The highest BCUT2D eigenvalue weighted by Gasteiger charge is 2.32. The number of imide groups is 1. The monoisotopic (exact) mass is 310 g/mol. The van der Waals surface area contributed by atoms with Gasteiger partial charge in [-0.1, -0.05) is 11.8 Å². The van der Waals surface area contributed by atoms with Gasteiger partial charge in [0.15, 0.2) is 0 Å². The fraction of sp³-hybridized carbons (Fsp3) is 0.429. The molecule has 1 aromatic carbocycles. The van der Waals surface area contributed by atoms with Crippen molar-refractivity contribution < 1.29 is 19.1 Å². The summed E-state index contributed by atoms with van der Waals surface area (Å²) in [6.07, 6.45) is 1.17. The first-order chi connectivity index (χ1) is 10.1. The van der Waals surface area contributed by atoms with Gasteiger partial charge in [0, 0.05) is 0 Å². The maximum atomic E-state index is 11.7. The first kappa shape index (κ1) is 15.7. The van der Waals surface area contributed by atoms with E-state index in [9.17, 15) is 9.59 Å². The third kappa shape index (κ3) is 4.12. The van der Waals surface area contributed by atoms with Crippen molar-refractivity contribution in [1.29, 1.82) is 0 Å². The van der Waals surface area contributed by atoms with Crippen molar-refractivity contribution in [2.45, 2.75) is 18.1 Å². The average Bonchev–Trinajstić information content (AvgIpc) is 2.78. The second-order valence-corrected chi connectivity index (χ2v) is 5.73. The smallest absolute Gasteiger partial charge is 0.286 e. The van der Waals surface area contributed by atoms with Crippen LogP contribution in [0.2, 0.25) is 0 Å². The van der Waals surface area contributed by atoms with E-state index in [1.165, 1.54) is 0 Å². The highest BCUT2D eigenvalue weighted by molar-refractivity contribution is 8.15. The van der Waals surface area contributed by atoms with E-state index >= 15 is 0 Å². The molecule has 7 heteroatoms. The normalized spacial score (nSPS) is 17.7. The summed E-state index contributed by atoms with van der Waals surface area (Å²) in [5.41, 5.74) is 6.29. The molecule has 1 atom stereocenters. The molecule has 1 aromatic rings. The van der Waals surface area contributed by atoms with Crippen LogP contribution in [0, 0.1) is 0 Å². The van der Waals surface area contributed by atoms with Gasteiger partial charge in [-0.2, -0.15) is 0 Å². The summed E-state index contributed by atoms with van der Waals surface area (Å²) in [7, 11) is 1.58. The number of ether oxygens (including phenoxy) is 2. The first-order valence-electron chi connectivity index (χ1n) is 6.65. The molecule has 2 amide bonds. The number of thioether (sulfide) groups is 1. The predicted molar refractivity (Wildman–Crippen MR) is 80.8 cm³/mol. The van der Waals surface area contributed by atoms with E-state index in [-0.39, 0.29) is 11.1 Å². The van der Waals surface area contributed by atoms with Gasteiger partial charge in [0.1, 0.15) is 11.5 Å². The summed E-state index contributed by atoms with van der Waals surface area (Å²) in [5.74, 6) is 1.11. The molecule has 0 saturated carbocycles. The Morgan fingerprint density at radius 2 is 2.19 bits per heavy atom. The number of benzene rings is 1. The average molecular weight is 310 g/mol. The zero-order valence-electron chi connectivity index (χ0n) is 11.8. The minimum Gasteiger partial charge on any atom is -0.497 e. The molecule has 21 heavy (non-hydrogen) atoms. The van der Waals surface area contributed by atoms with E-state index in [0.717, 1.165) is 23.7 Å². The molecular formula is C14H18N2O4S. The predicted octanol–water partition coefficient (Wildman–Crippen LogP) is 1.32. The molecule has 2 rings (SSSR count). The van der Waals surface area contributed by atoms with Gasteiger partial charge in [0.05, 0.1) is 19.0 Å². The molecule has 0 aromatic heterocycles. The second kappa shape index (κ2) is 7.33. The molecule has 0 aliphatic carbocycles. The van der Waals surface area contributed by atoms with E-state index in [1.807, 2.05) is 12.1 Å². The van der Waals surface area contributed by atoms with E-state index in [2.05, 4.69) is 5.32 Å². The fourth-order valence-corrected chi connectivity index (χ4v) is 2.82. The van der Waals surface area contributed by atoms with Gasteiger partial charge in [-0.05, 0) is 43.1 Å². The Morgan fingerprint density at radius 1 is 1.38 bits per heavy atom. The number of nitrogens with one attached hydrogen (secondary N) is 1. The molecule has 0 spiro atoms. The van der Waals surface area contributed by atoms with Crippen molar-refractivity contribution in [3.8, 4) is 11.5 Å².